The quantitative estimate of drug-likeness (QED) is 0.373. The zero-order valence-electron chi connectivity index (χ0n) is 6.57. The summed E-state index contributed by atoms with van der Waals surface area (Å²) in [5.41, 5.74) is 0. The number of rotatable bonds is 1. The summed E-state index contributed by atoms with van der Waals surface area (Å²) in [6.07, 6.45) is 0. The van der Waals surface area contributed by atoms with E-state index in [2.05, 4.69) is 81.8 Å². The molecule has 70 valence electrons. The van der Waals surface area contributed by atoms with Crippen LogP contribution in [0.1, 0.15) is 0 Å². The van der Waals surface area contributed by atoms with Gasteiger partial charge in [0.2, 0.25) is 0 Å². The second-order valence-electron chi connectivity index (χ2n) is 3.15. The first kappa shape index (κ1) is 12.5. The Kier molecular flexibility index (Phi) is 4.26. The average molecular weight is 507 g/mol. The van der Waals surface area contributed by atoms with Gasteiger partial charge in [-0.05, 0) is 0 Å². The predicted molar refractivity (Wildman–Crippen MR) is 73.5 cm³/mol. The Morgan fingerprint density at radius 1 is 1.50 bits per heavy atom. The SMILES string of the molecule is C[Si]1(C)C(Br)=C[Se]C1(Br)C(Br)Br. The fourth-order valence-electron chi connectivity index (χ4n) is 0.919. The van der Waals surface area contributed by atoms with E-state index in [-0.39, 0.29) is 2.85 Å². The van der Waals surface area contributed by atoms with Gasteiger partial charge in [-0.15, -0.1) is 0 Å². The number of hydrogen-bond acceptors (Lipinski definition) is 0. The third-order valence-corrected chi connectivity index (χ3v) is 24.7. The van der Waals surface area contributed by atoms with Crippen LogP contribution in [0.2, 0.25) is 13.1 Å². The summed E-state index contributed by atoms with van der Waals surface area (Å²) in [6.45, 7) is 4.76. The standard InChI is InChI=1S/C6H8Br4SeSi/c1-12(2)4(7)3-11-6(12,10)5(8)9/h3,5H,1-2H3. The molecule has 0 nitrogen and oxygen atoms in total. The van der Waals surface area contributed by atoms with E-state index >= 15 is 0 Å². The predicted octanol–water partition coefficient (Wildman–Crippen LogP) is 3.93. The van der Waals surface area contributed by atoms with Gasteiger partial charge in [0, 0.05) is 0 Å². The van der Waals surface area contributed by atoms with Crippen LogP contribution in [0.25, 0.3) is 0 Å². The molecule has 0 aromatic heterocycles. The second-order valence-corrected chi connectivity index (χ2v) is 18.7. The molecule has 1 aliphatic rings. The fourth-order valence-corrected chi connectivity index (χ4v) is 17.0. The van der Waals surface area contributed by atoms with E-state index < -0.39 is 8.07 Å². The van der Waals surface area contributed by atoms with Crippen molar-refractivity contribution in [3.05, 3.63) is 9.08 Å². The maximum absolute atomic E-state index is 3.89. The van der Waals surface area contributed by atoms with Crippen LogP contribution >= 0.6 is 63.7 Å². The van der Waals surface area contributed by atoms with Crippen molar-refractivity contribution < 1.29 is 0 Å². The van der Waals surface area contributed by atoms with Crippen LogP contribution in [0.3, 0.4) is 0 Å². The molecule has 0 aliphatic carbocycles. The van der Waals surface area contributed by atoms with E-state index in [1.165, 1.54) is 4.11 Å². The Bertz CT molecular complexity index is 228. The molecule has 0 spiro atoms. The van der Waals surface area contributed by atoms with Crippen LogP contribution in [0.4, 0.5) is 0 Å². The molecule has 12 heavy (non-hydrogen) atoms. The van der Waals surface area contributed by atoms with Gasteiger partial charge < -0.3 is 0 Å². The summed E-state index contributed by atoms with van der Waals surface area (Å²) in [7, 11) is -1.33. The van der Waals surface area contributed by atoms with Crippen LogP contribution < -0.4 is 0 Å². The van der Waals surface area contributed by atoms with E-state index in [0.29, 0.717) is 18.7 Å². The molecule has 0 amide bonds. The van der Waals surface area contributed by atoms with Crippen LogP contribution in [0.15, 0.2) is 9.08 Å². The number of alkyl halides is 3. The molecule has 0 N–H and O–H groups in total. The van der Waals surface area contributed by atoms with Crippen molar-refractivity contribution in [3.63, 3.8) is 0 Å². The van der Waals surface area contributed by atoms with E-state index in [9.17, 15) is 0 Å². The number of hydrogen-bond donors (Lipinski definition) is 0. The van der Waals surface area contributed by atoms with E-state index in [0.717, 1.165) is 0 Å². The van der Waals surface area contributed by atoms with Gasteiger partial charge in [0.1, 0.15) is 0 Å². The first-order valence-corrected chi connectivity index (χ1v) is 11.6. The third kappa shape index (κ3) is 1.86. The first-order valence-electron chi connectivity index (χ1n) is 3.33. The van der Waals surface area contributed by atoms with Gasteiger partial charge in [0.05, 0.1) is 0 Å². The van der Waals surface area contributed by atoms with Gasteiger partial charge in [-0.25, -0.2) is 0 Å². The van der Waals surface area contributed by atoms with Crippen molar-refractivity contribution in [3.8, 4) is 0 Å². The van der Waals surface area contributed by atoms with Gasteiger partial charge in [0.25, 0.3) is 0 Å². The molecule has 0 aromatic rings. The molecule has 0 saturated heterocycles. The second kappa shape index (κ2) is 4.10. The van der Waals surface area contributed by atoms with Crippen LogP contribution in [-0.4, -0.2) is 29.6 Å². The minimum absolute atomic E-state index is 0.270. The molecule has 1 atom stereocenters. The summed E-state index contributed by atoms with van der Waals surface area (Å²) in [5, 5.41) is 0. The average Bonchev–Trinajstić information content (AvgIpc) is 2.15. The van der Waals surface area contributed by atoms with Crippen molar-refractivity contribution in [2.75, 3.05) is 0 Å². The van der Waals surface area contributed by atoms with Gasteiger partial charge in [-0.2, -0.15) is 0 Å². The molecule has 0 bridgehead atoms. The molecule has 0 radical (unpaired) electrons. The molecule has 1 aliphatic heterocycles. The maximum atomic E-state index is 3.89. The summed E-state index contributed by atoms with van der Waals surface area (Å²) >= 11 is 15.3. The molecular formula is C6H8Br4SeSi. The van der Waals surface area contributed by atoms with Gasteiger partial charge in [-0.1, -0.05) is 0 Å². The molecule has 0 saturated carbocycles. The molecule has 1 heterocycles. The minimum atomic E-state index is -1.33. The molecule has 0 fully saturated rings. The first-order chi connectivity index (χ1) is 5.32. The zero-order chi connectivity index (χ0) is 9.57. The Morgan fingerprint density at radius 2 is 2.00 bits per heavy atom. The van der Waals surface area contributed by atoms with Crippen molar-refractivity contribution in [1.29, 1.82) is 0 Å². The van der Waals surface area contributed by atoms with E-state index in [1.54, 1.807) is 0 Å². The molecule has 6 heteroatoms. The molecule has 1 rings (SSSR count). The molecule has 0 aromatic carbocycles. The van der Waals surface area contributed by atoms with Crippen molar-refractivity contribution in [2.45, 2.75) is 19.7 Å². The summed E-state index contributed by atoms with van der Waals surface area (Å²) in [5.74, 6) is 0. The van der Waals surface area contributed by atoms with Gasteiger partial charge in [-0.3, -0.25) is 0 Å². The van der Waals surface area contributed by atoms with Gasteiger partial charge in [0.15, 0.2) is 0 Å². The summed E-state index contributed by atoms with van der Waals surface area (Å²) < 4.78 is 2.08. The van der Waals surface area contributed by atoms with E-state index in [1.807, 2.05) is 0 Å². The summed E-state index contributed by atoms with van der Waals surface area (Å²) in [4.78, 5) is 2.35. The Balaban J connectivity index is 3.00. The molecular weight excluding hydrogens is 499 g/mol. The zero-order valence-corrected chi connectivity index (χ0v) is 15.6. The normalized spacial score (nSPS) is 34.1. The Hall–Kier alpha value is 2.40. The van der Waals surface area contributed by atoms with Gasteiger partial charge >= 0.3 is 116 Å². The monoisotopic (exact) mass is 504 g/mol. The van der Waals surface area contributed by atoms with Crippen LogP contribution in [-0.2, 0) is 0 Å². The fraction of sp³-hybridized carbons (Fsp3) is 0.667. The Labute approximate surface area is 114 Å². The third-order valence-electron chi connectivity index (χ3n) is 2.06. The summed E-state index contributed by atoms with van der Waals surface area (Å²) in [6, 6.07) is 0. The number of halogens is 4. The Morgan fingerprint density at radius 3 is 2.17 bits per heavy atom. The van der Waals surface area contributed by atoms with Crippen molar-refractivity contribution >= 4 is 86.8 Å². The molecule has 1 unspecified atom stereocenters. The van der Waals surface area contributed by atoms with E-state index in [4.69, 9.17) is 0 Å². The van der Waals surface area contributed by atoms with Crippen molar-refractivity contribution in [2.24, 2.45) is 0 Å². The van der Waals surface area contributed by atoms with Crippen molar-refractivity contribution in [1.82, 2.24) is 0 Å². The van der Waals surface area contributed by atoms with Crippen LogP contribution in [0, 0.1) is 0 Å². The topological polar surface area (TPSA) is 0 Å². The van der Waals surface area contributed by atoms with Crippen LogP contribution in [0.5, 0.6) is 0 Å².